The topological polar surface area (TPSA) is 37.4 Å². The van der Waals surface area contributed by atoms with Crippen LogP contribution in [-0.4, -0.2) is 19.0 Å². The average Bonchev–Trinajstić information content (AvgIpc) is 2.45. The van der Waals surface area contributed by atoms with Crippen molar-refractivity contribution in [3.05, 3.63) is 71.3 Å². The molecule has 0 radical (unpaired) electrons. The average molecular weight is 299 g/mol. The van der Waals surface area contributed by atoms with Crippen LogP contribution in [0.3, 0.4) is 0 Å². The lowest BCUT2D eigenvalue weighted by Gasteiger charge is -2.14. The van der Waals surface area contributed by atoms with Gasteiger partial charge in [0, 0.05) is 11.6 Å². The maximum Gasteiger partial charge on any atom is 0.239 e. The Labute approximate surface area is 126 Å². The van der Waals surface area contributed by atoms with Gasteiger partial charge >= 0.3 is 0 Å². The third-order valence-corrected chi connectivity index (χ3v) is 3.97. The quantitative estimate of drug-likeness (QED) is 0.645. The van der Waals surface area contributed by atoms with Gasteiger partial charge < -0.3 is 0 Å². The summed E-state index contributed by atoms with van der Waals surface area (Å²) < 4.78 is 24.8. The highest BCUT2D eigenvalue weighted by molar-refractivity contribution is 7.88. The molecule has 0 N–H and O–H groups in total. The highest BCUT2D eigenvalue weighted by Gasteiger charge is 2.12. The van der Waals surface area contributed by atoms with Gasteiger partial charge in [0.15, 0.2) is 0 Å². The summed E-state index contributed by atoms with van der Waals surface area (Å²) in [7, 11) is -3.38. The highest BCUT2D eigenvalue weighted by Crippen LogP contribution is 2.08. The molecule has 0 aliphatic heterocycles. The van der Waals surface area contributed by atoms with Gasteiger partial charge in [-0.2, -0.15) is 0 Å². The molecular formula is C17H17NO2S. The fourth-order valence-corrected chi connectivity index (χ4v) is 2.35. The third-order valence-electron chi connectivity index (χ3n) is 2.95. The van der Waals surface area contributed by atoms with Crippen LogP contribution in [0.5, 0.6) is 0 Å². The van der Waals surface area contributed by atoms with Gasteiger partial charge in [-0.15, -0.1) is 0 Å². The number of hydrogen-bond acceptors (Lipinski definition) is 2. The molecule has 0 fully saturated rings. The molecule has 0 aliphatic rings. The van der Waals surface area contributed by atoms with Crippen LogP contribution in [0.4, 0.5) is 0 Å². The van der Waals surface area contributed by atoms with E-state index in [0.29, 0.717) is 0 Å². The van der Waals surface area contributed by atoms with E-state index in [0.717, 1.165) is 16.7 Å². The first kappa shape index (κ1) is 15.1. The Bertz CT molecular complexity index is 754. The monoisotopic (exact) mass is 299 g/mol. The number of nitrogens with zero attached hydrogens (tertiary/aromatic N) is 1. The lowest BCUT2D eigenvalue weighted by molar-refractivity contribution is 0.515. The van der Waals surface area contributed by atoms with E-state index in [-0.39, 0.29) is 6.54 Å². The van der Waals surface area contributed by atoms with Gasteiger partial charge in [0.25, 0.3) is 0 Å². The molecule has 108 valence electrons. The van der Waals surface area contributed by atoms with Crippen molar-refractivity contribution in [2.24, 2.45) is 0 Å². The second kappa shape index (κ2) is 6.47. The maximum absolute atomic E-state index is 11.8. The van der Waals surface area contributed by atoms with Crippen molar-refractivity contribution >= 4 is 10.0 Å². The molecule has 0 aliphatic carbocycles. The minimum absolute atomic E-state index is 0.249. The Kier molecular flexibility index (Phi) is 4.66. The minimum atomic E-state index is -3.38. The van der Waals surface area contributed by atoms with Crippen molar-refractivity contribution in [2.45, 2.75) is 13.5 Å². The van der Waals surface area contributed by atoms with Gasteiger partial charge in [-0.1, -0.05) is 48.0 Å². The molecule has 0 amide bonds. The van der Waals surface area contributed by atoms with Gasteiger partial charge in [0.05, 0.1) is 12.8 Å². The highest BCUT2D eigenvalue weighted by atomic mass is 32.2. The van der Waals surface area contributed by atoms with Crippen LogP contribution in [0.25, 0.3) is 0 Å². The predicted molar refractivity (Wildman–Crippen MR) is 84.9 cm³/mol. The van der Waals surface area contributed by atoms with Crippen LogP contribution in [-0.2, 0) is 16.6 Å². The van der Waals surface area contributed by atoms with E-state index in [4.69, 9.17) is 0 Å². The van der Waals surface area contributed by atoms with Crippen molar-refractivity contribution in [3.63, 3.8) is 0 Å². The fourth-order valence-electron chi connectivity index (χ4n) is 1.75. The van der Waals surface area contributed by atoms with E-state index in [1.165, 1.54) is 10.6 Å². The van der Waals surface area contributed by atoms with Gasteiger partial charge in [-0.3, -0.25) is 0 Å². The van der Waals surface area contributed by atoms with E-state index in [2.05, 4.69) is 12.0 Å². The van der Waals surface area contributed by atoms with Crippen LogP contribution < -0.4 is 0 Å². The molecule has 3 nitrogen and oxygen atoms in total. The molecule has 0 unspecified atom stereocenters. The first-order valence-corrected chi connectivity index (χ1v) is 8.40. The molecule has 2 rings (SSSR count). The van der Waals surface area contributed by atoms with E-state index < -0.39 is 10.0 Å². The Balaban J connectivity index is 2.24. The molecule has 2 aromatic rings. The zero-order valence-electron chi connectivity index (χ0n) is 12.1. The van der Waals surface area contributed by atoms with Crippen molar-refractivity contribution in [2.75, 3.05) is 6.26 Å². The molecule has 0 saturated heterocycles. The Morgan fingerprint density at radius 3 is 2.19 bits per heavy atom. The first-order valence-electron chi connectivity index (χ1n) is 6.55. The van der Waals surface area contributed by atoms with Gasteiger partial charge in [-0.25, -0.2) is 12.7 Å². The normalized spacial score (nSPS) is 10.6. The van der Waals surface area contributed by atoms with E-state index in [9.17, 15) is 8.42 Å². The van der Waals surface area contributed by atoms with Crippen molar-refractivity contribution < 1.29 is 8.42 Å². The smallest absolute Gasteiger partial charge is 0.224 e. The third kappa shape index (κ3) is 4.66. The fraction of sp³-hybridized carbons (Fsp3) is 0.176. The summed E-state index contributed by atoms with van der Waals surface area (Å²) in [5.74, 6) is 2.90. The van der Waals surface area contributed by atoms with Crippen LogP contribution in [0.15, 0.2) is 54.6 Å². The molecular weight excluding hydrogens is 282 g/mol. The maximum atomic E-state index is 11.8. The molecule has 0 saturated carbocycles. The van der Waals surface area contributed by atoms with Gasteiger partial charge in [-0.05, 0) is 30.5 Å². The summed E-state index contributed by atoms with van der Waals surface area (Å²) in [6, 6.07) is 19.8. The Morgan fingerprint density at radius 1 is 1.00 bits per heavy atom. The molecule has 0 heterocycles. The largest absolute Gasteiger partial charge is 0.239 e. The van der Waals surface area contributed by atoms with Crippen LogP contribution >= 0.6 is 0 Å². The molecule has 0 bridgehead atoms. The first-order chi connectivity index (χ1) is 9.95. The zero-order valence-corrected chi connectivity index (χ0v) is 12.9. The summed E-state index contributed by atoms with van der Waals surface area (Å²) >= 11 is 0. The van der Waals surface area contributed by atoms with Crippen molar-refractivity contribution in [1.29, 1.82) is 0 Å². The predicted octanol–water partition coefficient (Wildman–Crippen LogP) is 2.77. The summed E-state index contributed by atoms with van der Waals surface area (Å²) in [5.41, 5.74) is 2.84. The van der Waals surface area contributed by atoms with Crippen LogP contribution in [0.1, 0.15) is 16.7 Å². The van der Waals surface area contributed by atoms with E-state index >= 15 is 0 Å². The molecule has 4 heteroatoms. The number of sulfonamides is 1. The summed E-state index contributed by atoms with van der Waals surface area (Å²) in [6.45, 7) is 2.24. The lowest BCUT2D eigenvalue weighted by atomic mass is 10.2. The second-order valence-electron chi connectivity index (χ2n) is 4.86. The zero-order chi connectivity index (χ0) is 15.3. The van der Waals surface area contributed by atoms with Crippen molar-refractivity contribution in [1.82, 2.24) is 4.31 Å². The SMILES string of the molecule is Cc1ccc(C#CN(Cc2ccccc2)S(C)(=O)=O)cc1. The summed E-state index contributed by atoms with van der Waals surface area (Å²) in [4.78, 5) is 0. The molecule has 2 aromatic carbocycles. The second-order valence-corrected chi connectivity index (χ2v) is 6.76. The minimum Gasteiger partial charge on any atom is -0.224 e. The summed E-state index contributed by atoms with van der Waals surface area (Å²) in [5, 5.41) is 0. The van der Waals surface area contributed by atoms with E-state index in [1.54, 1.807) is 0 Å². The summed E-state index contributed by atoms with van der Waals surface area (Å²) in [6.07, 6.45) is 1.17. The van der Waals surface area contributed by atoms with Gasteiger partial charge in [0.2, 0.25) is 10.0 Å². The Morgan fingerprint density at radius 2 is 1.62 bits per heavy atom. The molecule has 21 heavy (non-hydrogen) atoms. The van der Waals surface area contributed by atoms with Crippen molar-refractivity contribution in [3.8, 4) is 12.0 Å². The van der Waals surface area contributed by atoms with Crippen LogP contribution in [0.2, 0.25) is 0 Å². The lowest BCUT2D eigenvalue weighted by Crippen LogP contribution is -2.24. The van der Waals surface area contributed by atoms with Gasteiger partial charge in [0.1, 0.15) is 0 Å². The number of hydrogen-bond donors (Lipinski definition) is 0. The Hall–Kier alpha value is -2.25. The van der Waals surface area contributed by atoms with E-state index in [1.807, 2.05) is 61.5 Å². The molecule has 0 spiro atoms. The molecule has 0 aromatic heterocycles. The number of aryl methyl sites for hydroxylation is 1. The van der Waals surface area contributed by atoms with Crippen LogP contribution in [0, 0.1) is 18.9 Å². The number of rotatable bonds is 3. The standard InChI is InChI=1S/C17H17NO2S/c1-15-8-10-16(11-9-15)12-13-18(21(2,19)20)14-17-6-4-3-5-7-17/h3-11H,14H2,1-2H3. The molecule has 0 atom stereocenters. The number of benzene rings is 2.